The lowest BCUT2D eigenvalue weighted by Gasteiger charge is -2.34. The summed E-state index contributed by atoms with van der Waals surface area (Å²) in [6, 6.07) is 15.6. The van der Waals surface area contributed by atoms with Crippen LogP contribution in [0.4, 0.5) is 0 Å². The van der Waals surface area contributed by atoms with E-state index >= 15 is 0 Å². The van der Waals surface area contributed by atoms with Gasteiger partial charge in [-0.05, 0) is 73.5 Å². The van der Waals surface area contributed by atoms with Crippen LogP contribution in [0.25, 0.3) is 0 Å². The van der Waals surface area contributed by atoms with E-state index in [1.54, 1.807) is 0 Å². The van der Waals surface area contributed by atoms with Crippen molar-refractivity contribution < 1.29 is 4.21 Å². The highest BCUT2D eigenvalue weighted by Crippen LogP contribution is 2.35. The standard InChI is InChI=1S/C23H31ClN2OS/c1-3-13-28(27)26-12-11-17-7-8-19-9-10-23(25-2)22(21(19)15-17)16-18-5-4-6-20(24)14-18/h4-8,14-15,22-23,25-26H,3,9-13,16H2,1-2H3. The first-order valence-corrected chi connectivity index (χ1v) is 12.0. The zero-order chi connectivity index (χ0) is 19.9. The number of hydrogen-bond acceptors (Lipinski definition) is 2. The van der Waals surface area contributed by atoms with Gasteiger partial charge in [0.05, 0.1) is 11.0 Å². The van der Waals surface area contributed by atoms with Crippen molar-refractivity contribution in [3.8, 4) is 0 Å². The van der Waals surface area contributed by atoms with E-state index in [0.29, 0.717) is 12.0 Å². The summed E-state index contributed by atoms with van der Waals surface area (Å²) >= 11 is 6.22. The summed E-state index contributed by atoms with van der Waals surface area (Å²) in [5.41, 5.74) is 5.52. The molecule has 0 aliphatic heterocycles. The second kappa shape index (κ2) is 10.5. The lowest BCUT2D eigenvalue weighted by molar-refractivity contribution is 0.409. The van der Waals surface area contributed by atoms with Gasteiger partial charge in [0.2, 0.25) is 0 Å². The summed E-state index contributed by atoms with van der Waals surface area (Å²) in [5, 5.41) is 4.34. The first-order valence-electron chi connectivity index (χ1n) is 10.3. The summed E-state index contributed by atoms with van der Waals surface area (Å²) in [6.45, 7) is 2.81. The molecule has 2 aromatic carbocycles. The van der Waals surface area contributed by atoms with Gasteiger partial charge in [0.1, 0.15) is 0 Å². The normalized spacial score (nSPS) is 20.0. The van der Waals surface area contributed by atoms with Crippen LogP contribution in [-0.2, 0) is 30.2 Å². The monoisotopic (exact) mass is 418 g/mol. The molecular formula is C23H31ClN2OS. The maximum atomic E-state index is 11.8. The van der Waals surface area contributed by atoms with Crippen LogP contribution in [0, 0.1) is 0 Å². The molecule has 3 nitrogen and oxygen atoms in total. The Hall–Kier alpha value is -1.20. The molecule has 0 saturated heterocycles. The molecule has 0 spiro atoms. The van der Waals surface area contributed by atoms with E-state index in [1.165, 1.54) is 22.3 Å². The molecule has 0 saturated carbocycles. The van der Waals surface area contributed by atoms with Crippen molar-refractivity contribution in [2.24, 2.45) is 0 Å². The number of likely N-dealkylation sites (N-methyl/N-ethyl adjacent to an activating group) is 1. The molecule has 152 valence electrons. The molecule has 1 aliphatic carbocycles. The van der Waals surface area contributed by atoms with Gasteiger partial charge in [-0.15, -0.1) is 0 Å². The third-order valence-corrected chi connectivity index (χ3v) is 7.14. The SMILES string of the molecule is CCCS(=O)NCCc1ccc2c(c1)C(Cc1cccc(Cl)c1)C(NC)CC2. The Morgan fingerprint density at radius 1 is 1.18 bits per heavy atom. The van der Waals surface area contributed by atoms with E-state index in [0.717, 1.165) is 49.4 Å². The molecule has 28 heavy (non-hydrogen) atoms. The number of nitrogens with one attached hydrogen (secondary N) is 2. The van der Waals surface area contributed by atoms with E-state index in [1.807, 2.05) is 12.1 Å². The highest BCUT2D eigenvalue weighted by Gasteiger charge is 2.29. The molecule has 3 rings (SSSR count). The Morgan fingerprint density at radius 3 is 2.79 bits per heavy atom. The summed E-state index contributed by atoms with van der Waals surface area (Å²) in [6.07, 6.45) is 5.10. The van der Waals surface area contributed by atoms with E-state index in [-0.39, 0.29) is 0 Å². The first kappa shape index (κ1) is 21.5. The maximum Gasteiger partial charge on any atom is 0.0915 e. The zero-order valence-electron chi connectivity index (χ0n) is 16.8. The fourth-order valence-corrected chi connectivity index (χ4v) is 5.24. The third-order valence-electron chi connectivity index (χ3n) is 5.60. The fourth-order valence-electron chi connectivity index (χ4n) is 4.18. The van der Waals surface area contributed by atoms with Crippen LogP contribution < -0.4 is 10.0 Å². The van der Waals surface area contributed by atoms with Gasteiger partial charge in [0, 0.05) is 29.3 Å². The Labute approximate surface area is 176 Å². The van der Waals surface area contributed by atoms with Crippen molar-refractivity contribution in [2.45, 2.75) is 51.0 Å². The van der Waals surface area contributed by atoms with Gasteiger partial charge < -0.3 is 5.32 Å². The largest absolute Gasteiger partial charge is 0.316 e. The number of hydrogen-bond donors (Lipinski definition) is 2. The summed E-state index contributed by atoms with van der Waals surface area (Å²) < 4.78 is 14.9. The van der Waals surface area contributed by atoms with Gasteiger partial charge in [-0.3, -0.25) is 0 Å². The Kier molecular flexibility index (Phi) is 8.10. The number of halogens is 1. The van der Waals surface area contributed by atoms with Crippen molar-refractivity contribution in [3.63, 3.8) is 0 Å². The fraction of sp³-hybridized carbons (Fsp3) is 0.478. The summed E-state index contributed by atoms with van der Waals surface area (Å²) in [5.74, 6) is 1.16. The van der Waals surface area contributed by atoms with Gasteiger partial charge in [0.25, 0.3) is 0 Å². The topological polar surface area (TPSA) is 41.1 Å². The highest BCUT2D eigenvalue weighted by atomic mass is 35.5. The zero-order valence-corrected chi connectivity index (χ0v) is 18.4. The van der Waals surface area contributed by atoms with E-state index in [4.69, 9.17) is 11.6 Å². The maximum absolute atomic E-state index is 11.8. The minimum atomic E-state index is -0.911. The molecule has 0 amide bonds. The lowest BCUT2D eigenvalue weighted by Crippen LogP contribution is -2.37. The number of benzene rings is 2. The first-order chi connectivity index (χ1) is 13.6. The Balaban J connectivity index is 1.77. The van der Waals surface area contributed by atoms with Crippen molar-refractivity contribution in [3.05, 3.63) is 69.7 Å². The molecule has 3 unspecified atom stereocenters. The average Bonchev–Trinajstić information content (AvgIpc) is 2.68. The van der Waals surface area contributed by atoms with Crippen molar-refractivity contribution in [1.82, 2.24) is 10.0 Å². The average molecular weight is 419 g/mol. The molecule has 3 atom stereocenters. The minimum Gasteiger partial charge on any atom is -0.316 e. The molecule has 1 aliphatic rings. The van der Waals surface area contributed by atoms with E-state index in [2.05, 4.69) is 54.3 Å². The van der Waals surface area contributed by atoms with E-state index < -0.39 is 11.0 Å². The van der Waals surface area contributed by atoms with Crippen molar-refractivity contribution in [2.75, 3.05) is 19.3 Å². The van der Waals surface area contributed by atoms with Crippen LogP contribution in [0.1, 0.15) is 47.9 Å². The van der Waals surface area contributed by atoms with Gasteiger partial charge >= 0.3 is 0 Å². The molecular weight excluding hydrogens is 388 g/mol. The third kappa shape index (κ3) is 5.66. The molecule has 2 aromatic rings. The molecule has 0 bridgehead atoms. The minimum absolute atomic E-state index is 0.439. The van der Waals surface area contributed by atoms with Crippen LogP contribution in [-0.4, -0.2) is 29.6 Å². The second-order valence-corrected chi connectivity index (χ2v) is 9.43. The second-order valence-electron chi connectivity index (χ2n) is 7.60. The highest BCUT2D eigenvalue weighted by molar-refractivity contribution is 7.83. The molecule has 5 heteroatoms. The van der Waals surface area contributed by atoms with Gasteiger partial charge in [0.15, 0.2) is 0 Å². The number of rotatable bonds is 9. The molecule has 0 fully saturated rings. The Bertz CT molecular complexity index is 811. The number of aryl methyl sites for hydroxylation is 1. The molecule has 0 radical (unpaired) electrons. The van der Waals surface area contributed by atoms with Gasteiger partial charge in [-0.1, -0.05) is 48.9 Å². The lowest BCUT2D eigenvalue weighted by atomic mass is 9.75. The molecule has 0 aromatic heterocycles. The van der Waals surface area contributed by atoms with Crippen molar-refractivity contribution in [1.29, 1.82) is 0 Å². The van der Waals surface area contributed by atoms with E-state index in [9.17, 15) is 4.21 Å². The predicted molar refractivity (Wildman–Crippen MR) is 121 cm³/mol. The number of fused-ring (bicyclic) bond motifs is 1. The van der Waals surface area contributed by atoms with Gasteiger partial charge in [-0.2, -0.15) is 0 Å². The quantitative estimate of drug-likeness (QED) is 0.633. The Morgan fingerprint density at radius 2 is 2.04 bits per heavy atom. The summed E-state index contributed by atoms with van der Waals surface area (Å²) in [4.78, 5) is 0. The smallest absolute Gasteiger partial charge is 0.0915 e. The molecule has 0 heterocycles. The van der Waals surface area contributed by atoms with Crippen LogP contribution in [0.3, 0.4) is 0 Å². The van der Waals surface area contributed by atoms with Crippen LogP contribution in [0.5, 0.6) is 0 Å². The predicted octanol–water partition coefficient (Wildman–Crippen LogP) is 4.41. The van der Waals surface area contributed by atoms with Crippen molar-refractivity contribution >= 4 is 22.6 Å². The molecule has 2 N–H and O–H groups in total. The van der Waals surface area contributed by atoms with Crippen LogP contribution >= 0.6 is 11.6 Å². The van der Waals surface area contributed by atoms with Crippen LogP contribution in [0.15, 0.2) is 42.5 Å². The summed E-state index contributed by atoms with van der Waals surface area (Å²) in [7, 11) is 1.16. The van der Waals surface area contributed by atoms with Gasteiger partial charge in [-0.25, -0.2) is 8.93 Å². The van der Waals surface area contributed by atoms with Crippen LogP contribution in [0.2, 0.25) is 5.02 Å².